The van der Waals surface area contributed by atoms with Crippen LogP contribution in [0.25, 0.3) is 0 Å². The van der Waals surface area contributed by atoms with Crippen LogP contribution in [0.5, 0.6) is 11.5 Å². The maximum Gasteiger partial charge on any atom is 0.319 e. The molecule has 1 aliphatic rings. The van der Waals surface area contributed by atoms with Crippen molar-refractivity contribution in [3.05, 3.63) is 47.0 Å². The van der Waals surface area contributed by atoms with Crippen LogP contribution in [0.4, 0.5) is 16.2 Å². The maximum absolute atomic E-state index is 12.4. The smallest absolute Gasteiger partial charge is 0.319 e. The summed E-state index contributed by atoms with van der Waals surface area (Å²) in [7, 11) is 3.14. The van der Waals surface area contributed by atoms with Crippen molar-refractivity contribution < 1.29 is 14.3 Å². The Morgan fingerprint density at radius 1 is 1.16 bits per heavy atom. The SMILES string of the molecule is COc1ccc(NC(=O)NCCSC(c2cc(Cl)ccc2N)C2CCCCC2)c(OC)c1. The molecular weight excluding hydrogens is 446 g/mol. The third-order valence-corrected chi connectivity index (χ3v) is 7.45. The summed E-state index contributed by atoms with van der Waals surface area (Å²) in [6.07, 6.45) is 6.22. The monoisotopic (exact) mass is 477 g/mol. The van der Waals surface area contributed by atoms with Crippen LogP contribution < -0.4 is 25.8 Å². The van der Waals surface area contributed by atoms with Gasteiger partial charge in [-0.25, -0.2) is 4.79 Å². The summed E-state index contributed by atoms with van der Waals surface area (Å²) in [6, 6.07) is 10.7. The number of carbonyl (C=O) groups excluding carboxylic acids is 1. The van der Waals surface area contributed by atoms with Crippen molar-refractivity contribution >= 4 is 40.8 Å². The van der Waals surface area contributed by atoms with Gasteiger partial charge in [-0.05, 0) is 54.7 Å². The topological polar surface area (TPSA) is 85.6 Å². The van der Waals surface area contributed by atoms with E-state index in [1.165, 1.54) is 32.1 Å². The van der Waals surface area contributed by atoms with Gasteiger partial charge in [0.15, 0.2) is 0 Å². The first kappa shape index (κ1) is 24.4. The van der Waals surface area contributed by atoms with E-state index in [2.05, 4.69) is 10.6 Å². The highest BCUT2D eigenvalue weighted by atomic mass is 35.5. The van der Waals surface area contributed by atoms with Gasteiger partial charge >= 0.3 is 6.03 Å². The number of thioether (sulfide) groups is 1. The lowest BCUT2D eigenvalue weighted by Gasteiger charge is -2.31. The van der Waals surface area contributed by atoms with E-state index in [4.69, 9.17) is 26.8 Å². The van der Waals surface area contributed by atoms with Gasteiger partial charge in [0, 0.05) is 34.3 Å². The molecule has 0 spiro atoms. The molecule has 6 nitrogen and oxygen atoms in total. The summed E-state index contributed by atoms with van der Waals surface area (Å²) >= 11 is 8.12. The zero-order valence-corrected chi connectivity index (χ0v) is 20.2. The quantitative estimate of drug-likeness (QED) is 0.299. The third-order valence-electron chi connectivity index (χ3n) is 5.78. The number of halogens is 1. The molecule has 4 N–H and O–H groups in total. The van der Waals surface area contributed by atoms with Gasteiger partial charge in [0.2, 0.25) is 0 Å². The molecule has 0 saturated heterocycles. The van der Waals surface area contributed by atoms with E-state index >= 15 is 0 Å². The number of carbonyl (C=O) groups is 1. The minimum absolute atomic E-state index is 0.273. The van der Waals surface area contributed by atoms with Gasteiger partial charge in [-0.3, -0.25) is 0 Å². The van der Waals surface area contributed by atoms with Crippen molar-refractivity contribution in [3.8, 4) is 11.5 Å². The summed E-state index contributed by atoms with van der Waals surface area (Å²) in [5, 5.41) is 6.76. The Balaban J connectivity index is 1.56. The summed E-state index contributed by atoms with van der Waals surface area (Å²) in [4.78, 5) is 12.4. The molecule has 1 unspecified atom stereocenters. The second kappa shape index (κ2) is 12.1. The summed E-state index contributed by atoms with van der Waals surface area (Å²) in [6.45, 7) is 0.540. The van der Waals surface area contributed by atoms with Crippen molar-refractivity contribution in [2.24, 2.45) is 5.92 Å². The van der Waals surface area contributed by atoms with Gasteiger partial charge in [-0.2, -0.15) is 11.8 Å². The van der Waals surface area contributed by atoms with Crippen LogP contribution in [0.2, 0.25) is 5.02 Å². The number of nitrogen functional groups attached to an aromatic ring is 1. The van der Waals surface area contributed by atoms with Crippen LogP contribution in [-0.4, -0.2) is 32.5 Å². The van der Waals surface area contributed by atoms with Gasteiger partial charge in [0.25, 0.3) is 0 Å². The average molecular weight is 478 g/mol. The highest BCUT2D eigenvalue weighted by Gasteiger charge is 2.27. The van der Waals surface area contributed by atoms with Gasteiger partial charge < -0.3 is 25.8 Å². The van der Waals surface area contributed by atoms with Crippen molar-refractivity contribution in [2.45, 2.75) is 37.4 Å². The first-order chi connectivity index (χ1) is 15.5. The first-order valence-corrected chi connectivity index (χ1v) is 12.4. The lowest BCUT2D eigenvalue weighted by atomic mass is 9.84. The van der Waals surface area contributed by atoms with Crippen molar-refractivity contribution in [1.82, 2.24) is 5.32 Å². The van der Waals surface area contributed by atoms with Crippen molar-refractivity contribution in [3.63, 3.8) is 0 Å². The number of benzene rings is 2. The number of urea groups is 1. The van der Waals surface area contributed by atoms with E-state index in [0.717, 1.165) is 17.0 Å². The van der Waals surface area contributed by atoms with Crippen molar-refractivity contribution in [1.29, 1.82) is 0 Å². The lowest BCUT2D eigenvalue weighted by molar-refractivity contribution is 0.252. The summed E-state index contributed by atoms with van der Waals surface area (Å²) in [5.74, 6) is 2.56. The number of rotatable bonds is 9. The molecule has 1 fully saturated rings. The van der Waals surface area contributed by atoms with Crippen LogP contribution in [0.1, 0.15) is 42.9 Å². The van der Waals surface area contributed by atoms with E-state index in [-0.39, 0.29) is 11.3 Å². The zero-order chi connectivity index (χ0) is 22.9. The Bertz CT molecular complexity index is 906. The second-order valence-corrected chi connectivity index (χ2v) is 9.60. The number of hydrogen-bond acceptors (Lipinski definition) is 5. The van der Waals surface area contributed by atoms with Crippen molar-refractivity contribution in [2.75, 3.05) is 37.6 Å². The molecule has 0 aliphatic heterocycles. The van der Waals surface area contributed by atoms with E-state index in [9.17, 15) is 4.79 Å². The Morgan fingerprint density at radius 3 is 2.66 bits per heavy atom. The molecule has 2 aromatic rings. The largest absolute Gasteiger partial charge is 0.497 e. The van der Waals surface area contributed by atoms with Gasteiger partial charge in [0.05, 0.1) is 19.9 Å². The number of amides is 2. The molecule has 0 radical (unpaired) electrons. The van der Waals surface area contributed by atoms with Crippen LogP contribution >= 0.6 is 23.4 Å². The molecule has 2 amide bonds. The second-order valence-electron chi connectivity index (χ2n) is 7.91. The first-order valence-electron chi connectivity index (χ1n) is 10.9. The molecule has 1 saturated carbocycles. The van der Waals surface area contributed by atoms with Gasteiger partial charge in [-0.15, -0.1) is 0 Å². The fourth-order valence-electron chi connectivity index (χ4n) is 4.13. The predicted molar refractivity (Wildman–Crippen MR) is 134 cm³/mol. The molecule has 1 aliphatic carbocycles. The average Bonchev–Trinajstić information content (AvgIpc) is 2.81. The minimum Gasteiger partial charge on any atom is -0.497 e. The molecule has 2 aromatic carbocycles. The molecule has 32 heavy (non-hydrogen) atoms. The van der Waals surface area contributed by atoms with Gasteiger partial charge in [0.1, 0.15) is 11.5 Å². The summed E-state index contributed by atoms with van der Waals surface area (Å²) < 4.78 is 10.5. The number of ether oxygens (including phenoxy) is 2. The highest BCUT2D eigenvalue weighted by molar-refractivity contribution is 7.99. The van der Waals surface area contributed by atoms with Crippen LogP contribution in [0, 0.1) is 5.92 Å². The number of nitrogens with two attached hydrogens (primary N) is 1. The Labute approximate surface area is 199 Å². The molecular formula is C24H32ClN3O3S. The lowest BCUT2D eigenvalue weighted by Crippen LogP contribution is -2.31. The molecule has 8 heteroatoms. The molecule has 1 atom stereocenters. The highest BCUT2D eigenvalue weighted by Crippen LogP contribution is 2.45. The van der Waals surface area contributed by atoms with E-state index < -0.39 is 0 Å². The maximum atomic E-state index is 12.4. The third kappa shape index (κ3) is 6.62. The standard InChI is InChI=1S/C24H32ClN3O3S/c1-30-18-9-11-21(22(15-18)31-2)28-24(29)27-12-13-32-23(16-6-4-3-5-7-16)19-14-17(25)8-10-20(19)26/h8-11,14-16,23H,3-7,12-13,26H2,1-2H3,(H2,27,28,29). The van der Waals surface area contributed by atoms with Crippen LogP contribution in [0.3, 0.4) is 0 Å². The zero-order valence-electron chi connectivity index (χ0n) is 18.7. The normalized spacial score (nSPS) is 15.1. The van der Waals surface area contributed by atoms with Crippen LogP contribution in [0.15, 0.2) is 36.4 Å². The van der Waals surface area contributed by atoms with E-state index in [1.807, 2.05) is 30.0 Å². The molecule has 0 bridgehead atoms. The summed E-state index contributed by atoms with van der Waals surface area (Å²) in [5.41, 5.74) is 8.80. The molecule has 3 rings (SSSR count). The molecule has 0 aromatic heterocycles. The predicted octanol–water partition coefficient (Wildman–Crippen LogP) is 6.12. The number of anilines is 2. The molecule has 174 valence electrons. The molecule has 0 heterocycles. The minimum atomic E-state index is -0.273. The van der Waals surface area contributed by atoms with E-state index in [0.29, 0.717) is 34.7 Å². The number of methoxy groups -OCH3 is 2. The number of nitrogens with one attached hydrogen (secondary N) is 2. The Morgan fingerprint density at radius 2 is 1.94 bits per heavy atom. The Hall–Kier alpha value is -2.25. The van der Waals surface area contributed by atoms with Crippen LogP contribution in [-0.2, 0) is 0 Å². The fraction of sp³-hybridized carbons (Fsp3) is 0.458. The fourth-order valence-corrected chi connectivity index (χ4v) is 5.71. The van der Waals surface area contributed by atoms with Gasteiger partial charge in [-0.1, -0.05) is 30.9 Å². The number of hydrogen-bond donors (Lipinski definition) is 3. The van der Waals surface area contributed by atoms with E-state index in [1.54, 1.807) is 32.4 Å². The Kier molecular flexibility index (Phi) is 9.23.